The minimum Gasteiger partial charge on any atom is -0.462 e. The quantitative estimate of drug-likeness (QED) is 0.0201. The molecular formula is C54H84O6. The summed E-state index contributed by atoms with van der Waals surface area (Å²) < 4.78 is 16.7. The van der Waals surface area contributed by atoms with Gasteiger partial charge in [-0.15, -0.1) is 0 Å². The molecule has 0 aliphatic carbocycles. The van der Waals surface area contributed by atoms with Gasteiger partial charge in [0.15, 0.2) is 6.10 Å². The first-order chi connectivity index (χ1) is 29.5. The molecule has 0 fully saturated rings. The Hall–Kier alpha value is -4.19. The molecule has 0 heterocycles. The van der Waals surface area contributed by atoms with Crippen LogP contribution in [-0.4, -0.2) is 37.2 Å². The lowest BCUT2D eigenvalue weighted by atomic mass is 10.1. The molecule has 0 aromatic carbocycles. The third kappa shape index (κ3) is 44.9. The summed E-state index contributed by atoms with van der Waals surface area (Å²) in [5.41, 5.74) is 0. The molecule has 6 heteroatoms. The van der Waals surface area contributed by atoms with Gasteiger partial charge in [0.2, 0.25) is 0 Å². The van der Waals surface area contributed by atoms with Crippen molar-refractivity contribution in [3.05, 3.63) is 122 Å². The van der Waals surface area contributed by atoms with Crippen LogP contribution in [0.3, 0.4) is 0 Å². The van der Waals surface area contributed by atoms with Crippen molar-refractivity contribution in [2.75, 3.05) is 13.2 Å². The second kappa shape index (κ2) is 47.5. The van der Waals surface area contributed by atoms with E-state index in [0.717, 1.165) is 96.3 Å². The van der Waals surface area contributed by atoms with Gasteiger partial charge in [-0.3, -0.25) is 14.4 Å². The summed E-state index contributed by atoms with van der Waals surface area (Å²) in [6.07, 6.45) is 64.6. The van der Waals surface area contributed by atoms with E-state index in [-0.39, 0.29) is 37.5 Å². The maximum atomic E-state index is 12.7. The molecule has 1 atom stereocenters. The molecule has 0 aromatic rings. The number of esters is 3. The second-order valence-electron chi connectivity index (χ2n) is 15.1. The topological polar surface area (TPSA) is 78.9 Å². The van der Waals surface area contributed by atoms with E-state index in [1.807, 2.05) is 60.8 Å². The molecule has 0 saturated heterocycles. The normalized spacial score (nSPS) is 13.2. The fourth-order valence-electron chi connectivity index (χ4n) is 5.87. The molecule has 0 saturated carbocycles. The van der Waals surface area contributed by atoms with E-state index in [0.29, 0.717) is 19.3 Å². The average Bonchev–Trinajstić information content (AvgIpc) is 3.24. The lowest BCUT2D eigenvalue weighted by Gasteiger charge is -2.18. The molecule has 1 unspecified atom stereocenters. The highest BCUT2D eigenvalue weighted by atomic mass is 16.6. The van der Waals surface area contributed by atoms with Crippen molar-refractivity contribution in [2.24, 2.45) is 0 Å². The largest absolute Gasteiger partial charge is 0.462 e. The van der Waals surface area contributed by atoms with Gasteiger partial charge in [0.25, 0.3) is 0 Å². The molecular weight excluding hydrogens is 745 g/mol. The lowest BCUT2D eigenvalue weighted by molar-refractivity contribution is -0.167. The van der Waals surface area contributed by atoms with E-state index in [4.69, 9.17) is 14.2 Å². The summed E-state index contributed by atoms with van der Waals surface area (Å²) in [5, 5.41) is 0. The predicted octanol–water partition coefficient (Wildman–Crippen LogP) is 15.4. The predicted molar refractivity (Wildman–Crippen MR) is 256 cm³/mol. The van der Waals surface area contributed by atoms with Crippen molar-refractivity contribution in [1.29, 1.82) is 0 Å². The van der Waals surface area contributed by atoms with E-state index >= 15 is 0 Å². The fraction of sp³-hybridized carbons (Fsp3) is 0.574. The molecule has 0 bridgehead atoms. The molecule has 6 nitrogen and oxygen atoms in total. The van der Waals surface area contributed by atoms with Crippen molar-refractivity contribution in [3.63, 3.8) is 0 Å². The van der Waals surface area contributed by atoms with Gasteiger partial charge in [-0.25, -0.2) is 0 Å². The van der Waals surface area contributed by atoms with Crippen LogP contribution in [0.4, 0.5) is 0 Å². The van der Waals surface area contributed by atoms with Gasteiger partial charge in [-0.05, 0) is 77.0 Å². The number of carbonyl (C=O) groups is 3. The zero-order chi connectivity index (χ0) is 43.7. The van der Waals surface area contributed by atoms with Gasteiger partial charge in [0.1, 0.15) is 13.2 Å². The van der Waals surface area contributed by atoms with Gasteiger partial charge < -0.3 is 14.2 Å². The molecule has 336 valence electrons. The minimum absolute atomic E-state index is 0.108. The van der Waals surface area contributed by atoms with E-state index in [2.05, 4.69) is 81.5 Å². The molecule has 0 aliphatic heterocycles. The van der Waals surface area contributed by atoms with Crippen LogP contribution in [0.15, 0.2) is 122 Å². The number of unbranched alkanes of at least 4 members (excludes halogenated alkanes) is 14. The highest BCUT2D eigenvalue weighted by Crippen LogP contribution is 2.12. The Morgan fingerprint density at radius 2 is 0.733 bits per heavy atom. The first-order valence-corrected chi connectivity index (χ1v) is 23.6. The van der Waals surface area contributed by atoms with Crippen molar-refractivity contribution >= 4 is 17.9 Å². The number of hydrogen-bond donors (Lipinski definition) is 0. The van der Waals surface area contributed by atoms with Crippen LogP contribution in [0.25, 0.3) is 0 Å². The summed E-state index contributed by atoms with van der Waals surface area (Å²) in [4.78, 5) is 37.8. The Bertz CT molecular complexity index is 1320. The third-order valence-electron chi connectivity index (χ3n) is 9.37. The lowest BCUT2D eigenvalue weighted by Crippen LogP contribution is -2.30. The molecule has 0 amide bonds. The number of rotatable bonds is 40. The van der Waals surface area contributed by atoms with Crippen LogP contribution in [-0.2, 0) is 28.6 Å². The standard InChI is InChI=1S/C54H84O6/c1-4-7-10-13-16-19-21-23-25-27-29-30-32-35-38-41-44-47-53(56)59-50-51(49-58-52(55)46-43-40-37-34-18-15-12-9-6-3)60-54(57)48-45-42-39-36-33-31-28-26-24-22-20-17-14-11-8-5-2/h7-8,10-11,13,16-17,19-21,23-27,29-33,51H,4-6,9,12,14-15,18,22,28,34-50H2,1-3H3/b10-7-,11-8-,16-13-,20-17-,21-19-,25-23-,26-24-,29-27+,32-30-,33-31-. The fourth-order valence-corrected chi connectivity index (χ4v) is 5.87. The maximum absolute atomic E-state index is 12.7. The van der Waals surface area contributed by atoms with E-state index < -0.39 is 6.10 Å². The van der Waals surface area contributed by atoms with Gasteiger partial charge >= 0.3 is 17.9 Å². The monoisotopic (exact) mass is 829 g/mol. The van der Waals surface area contributed by atoms with Gasteiger partial charge in [0.05, 0.1) is 0 Å². The zero-order valence-electron chi connectivity index (χ0n) is 38.2. The molecule has 0 aliphatic rings. The van der Waals surface area contributed by atoms with Crippen LogP contribution in [0, 0.1) is 0 Å². The molecule has 0 N–H and O–H groups in total. The number of hydrogen-bond acceptors (Lipinski definition) is 6. The molecule has 0 aromatic heterocycles. The second-order valence-corrected chi connectivity index (χ2v) is 15.1. The summed E-state index contributed by atoms with van der Waals surface area (Å²) in [5.74, 6) is -1.000. The summed E-state index contributed by atoms with van der Waals surface area (Å²) in [6, 6.07) is 0. The summed E-state index contributed by atoms with van der Waals surface area (Å²) >= 11 is 0. The Kier molecular flexibility index (Phi) is 44.2. The van der Waals surface area contributed by atoms with Crippen molar-refractivity contribution in [1.82, 2.24) is 0 Å². The number of carbonyl (C=O) groups excluding carboxylic acids is 3. The van der Waals surface area contributed by atoms with Crippen molar-refractivity contribution in [2.45, 2.75) is 187 Å². The van der Waals surface area contributed by atoms with Crippen molar-refractivity contribution < 1.29 is 28.6 Å². The SMILES string of the molecule is CC\C=C/C=C\C=C/C=C\C=C\C=C/CCCCCC(=O)OCC(COC(=O)CCCCCCCCCCC)OC(=O)CCCCC/C=C\C/C=C\C/C=C\C/C=C\CC. The summed E-state index contributed by atoms with van der Waals surface area (Å²) in [7, 11) is 0. The van der Waals surface area contributed by atoms with Crippen LogP contribution in [0.1, 0.15) is 181 Å². The molecule has 60 heavy (non-hydrogen) atoms. The number of allylic oxidation sites excluding steroid dienone is 20. The number of ether oxygens (including phenoxy) is 3. The first kappa shape index (κ1) is 55.8. The van der Waals surface area contributed by atoms with E-state index in [9.17, 15) is 14.4 Å². The molecule has 0 rings (SSSR count). The molecule has 0 radical (unpaired) electrons. The van der Waals surface area contributed by atoms with Crippen LogP contribution < -0.4 is 0 Å². The van der Waals surface area contributed by atoms with Crippen LogP contribution >= 0.6 is 0 Å². The molecule has 0 spiro atoms. The third-order valence-corrected chi connectivity index (χ3v) is 9.37. The van der Waals surface area contributed by atoms with Crippen LogP contribution in [0.2, 0.25) is 0 Å². The Labute approximate surface area is 367 Å². The first-order valence-electron chi connectivity index (χ1n) is 23.6. The highest BCUT2D eigenvalue weighted by Gasteiger charge is 2.19. The van der Waals surface area contributed by atoms with E-state index in [1.165, 1.54) is 38.5 Å². The Morgan fingerprint density at radius 3 is 1.22 bits per heavy atom. The highest BCUT2D eigenvalue weighted by molar-refractivity contribution is 5.71. The smallest absolute Gasteiger partial charge is 0.306 e. The van der Waals surface area contributed by atoms with Crippen LogP contribution in [0.5, 0.6) is 0 Å². The van der Waals surface area contributed by atoms with Gasteiger partial charge in [-0.2, -0.15) is 0 Å². The zero-order valence-corrected chi connectivity index (χ0v) is 38.2. The summed E-state index contributed by atoms with van der Waals surface area (Å²) in [6.45, 7) is 6.26. The Morgan fingerprint density at radius 1 is 0.367 bits per heavy atom. The maximum Gasteiger partial charge on any atom is 0.306 e. The van der Waals surface area contributed by atoms with Gasteiger partial charge in [0, 0.05) is 19.3 Å². The van der Waals surface area contributed by atoms with E-state index in [1.54, 1.807) is 0 Å². The minimum atomic E-state index is -0.813. The van der Waals surface area contributed by atoms with Crippen molar-refractivity contribution in [3.8, 4) is 0 Å². The Balaban J connectivity index is 4.54. The average molecular weight is 829 g/mol. The van der Waals surface area contributed by atoms with Gasteiger partial charge in [-0.1, -0.05) is 206 Å².